The van der Waals surface area contributed by atoms with Crippen molar-refractivity contribution in [2.24, 2.45) is 0 Å². The van der Waals surface area contributed by atoms with Gasteiger partial charge in [-0.25, -0.2) is 4.79 Å². The standard InChI is InChI=1S/C9H16O3/c1-5-6-9(4,11)12-8(10)7(2)3/h11H,2,5-6H2,1,3-4H3. The van der Waals surface area contributed by atoms with E-state index in [2.05, 4.69) is 6.58 Å². The van der Waals surface area contributed by atoms with Crippen LogP contribution in [-0.4, -0.2) is 16.9 Å². The summed E-state index contributed by atoms with van der Waals surface area (Å²) in [6.07, 6.45) is 1.20. The van der Waals surface area contributed by atoms with E-state index in [0.29, 0.717) is 12.0 Å². The maximum Gasteiger partial charge on any atom is 0.335 e. The molecule has 0 aliphatic carbocycles. The third-order valence-corrected chi connectivity index (χ3v) is 1.37. The van der Waals surface area contributed by atoms with Crippen LogP contribution in [0.2, 0.25) is 0 Å². The van der Waals surface area contributed by atoms with E-state index in [0.717, 1.165) is 6.42 Å². The summed E-state index contributed by atoms with van der Waals surface area (Å²) in [6.45, 7) is 8.34. The van der Waals surface area contributed by atoms with Gasteiger partial charge < -0.3 is 9.84 Å². The van der Waals surface area contributed by atoms with Crippen molar-refractivity contribution in [2.45, 2.75) is 39.4 Å². The zero-order valence-electron chi connectivity index (χ0n) is 7.89. The average Bonchev–Trinajstić information content (AvgIpc) is 1.85. The van der Waals surface area contributed by atoms with Gasteiger partial charge in [-0.1, -0.05) is 13.5 Å². The highest BCUT2D eigenvalue weighted by Crippen LogP contribution is 2.14. The van der Waals surface area contributed by atoms with E-state index in [-0.39, 0.29) is 0 Å². The zero-order chi connectivity index (χ0) is 9.78. The topological polar surface area (TPSA) is 46.5 Å². The molecule has 70 valence electrons. The number of rotatable bonds is 4. The minimum Gasteiger partial charge on any atom is -0.430 e. The Balaban J connectivity index is 4.05. The highest BCUT2D eigenvalue weighted by molar-refractivity contribution is 5.87. The van der Waals surface area contributed by atoms with Crippen LogP contribution in [0, 0.1) is 0 Å². The van der Waals surface area contributed by atoms with Crippen molar-refractivity contribution in [1.82, 2.24) is 0 Å². The number of carbonyl (C=O) groups is 1. The van der Waals surface area contributed by atoms with Gasteiger partial charge in [-0.2, -0.15) is 0 Å². The largest absolute Gasteiger partial charge is 0.430 e. The molecule has 3 nitrogen and oxygen atoms in total. The fourth-order valence-corrected chi connectivity index (χ4v) is 0.802. The molecule has 0 radical (unpaired) electrons. The molecule has 0 rings (SSSR count). The minimum atomic E-state index is -1.36. The summed E-state index contributed by atoms with van der Waals surface area (Å²) in [5.41, 5.74) is 0.298. The summed E-state index contributed by atoms with van der Waals surface area (Å²) < 4.78 is 4.76. The smallest absolute Gasteiger partial charge is 0.335 e. The molecule has 0 spiro atoms. The normalized spacial score (nSPS) is 15.0. The molecule has 0 aliphatic heterocycles. The molecule has 0 aromatic heterocycles. The second-order valence-corrected chi connectivity index (χ2v) is 3.09. The van der Waals surface area contributed by atoms with Crippen molar-refractivity contribution >= 4 is 5.97 Å². The van der Waals surface area contributed by atoms with E-state index >= 15 is 0 Å². The lowest BCUT2D eigenvalue weighted by Gasteiger charge is -2.22. The second kappa shape index (κ2) is 4.26. The number of aliphatic hydroxyl groups is 1. The Bertz CT molecular complexity index is 182. The summed E-state index contributed by atoms with van der Waals surface area (Å²) in [5.74, 6) is -1.90. The van der Waals surface area contributed by atoms with Gasteiger partial charge in [0.2, 0.25) is 5.79 Å². The Hall–Kier alpha value is -0.830. The van der Waals surface area contributed by atoms with Crippen LogP contribution in [0.15, 0.2) is 12.2 Å². The molecule has 1 N–H and O–H groups in total. The first kappa shape index (κ1) is 11.2. The van der Waals surface area contributed by atoms with Crippen LogP contribution in [0.5, 0.6) is 0 Å². The van der Waals surface area contributed by atoms with Crippen LogP contribution in [0.3, 0.4) is 0 Å². The third-order valence-electron chi connectivity index (χ3n) is 1.37. The van der Waals surface area contributed by atoms with Gasteiger partial charge in [-0.15, -0.1) is 0 Å². The monoisotopic (exact) mass is 172 g/mol. The van der Waals surface area contributed by atoms with E-state index < -0.39 is 11.8 Å². The lowest BCUT2D eigenvalue weighted by Crippen LogP contribution is -2.31. The minimum absolute atomic E-state index is 0.298. The molecule has 0 aliphatic rings. The fourth-order valence-electron chi connectivity index (χ4n) is 0.802. The molecule has 1 atom stereocenters. The van der Waals surface area contributed by atoms with Crippen LogP contribution < -0.4 is 0 Å². The molecule has 0 saturated carbocycles. The van der Waals surface area contributed by atoms with Crippen molar-refractivity contribution in [1.29, 1.82) is 0 Å². The van der Waals surface area contributed by atoms with Crippen LogP contribution in [0.25, 0.3) is 0 Å². The van der Waals surface area contributed by atoms with Crippen molar-refractivity contribution in [2.75, 3.05) is 0 Å². The number of hydrogen-bond donors (Lipinski definition) is 1. The summed E-state index contributed by atoms with van der Waals surface area (Å²) in [7, 11) is 0. The Labute approximate surface area is 73.0 Å². The lowest BCUT2D eigenvalue weighted by atomic mass is 10.2. The Morgan fingerprint density at radius 2 is 2.17 bits per heavy atom. The molecule has 0 saturated heterocycles. The van der Waals surface area contributed by atoms with Crippen LogP contribution in [0.1, 0.15) is 33.6 Å². The molecule has 0 fully saturated rings. The Morgan fingerprint density at radius 1 is 1.67 bits per heavy atom. The van der Waals surface area contributed by atoms with Gasteiger partial charge in [0.15, 0.2) is 0 Å². The second-order valence-electron chi connectivity index (χ2n) is 3.09. The maximum absolute atomic E-state index is 11.0. The number of hydrogen-bond acceptors (Lipinski definition) is 3. The Morgan fingerprint density at radius 3 is 2.50 bits per heavy atom. The molecule has 0 amide bonds. The van der Waals surface area contributed by atoms with Gasteiger partial charge in [0.1, 0.15) is 0 Å². The molecule has 0 heterocycles. The van der Waals surface area contributed by atoms with Crippen LogP contribution >= 0.6 is 0 Å². The lowest BCUT2D eigenvalue weighted by molar-refractivity contribution is -0.199. The molecule has 0 aromatic rings. The first-order valence-electron chi connectivity index (χ1n) is 4.00. The van der Waals surface area contributed by atoms with Gasteiger partial charge >= 0.3 is 5.97 Å². The van der Waals surface area contributed by atoms with Crippen LogP contribution in [0.4, 0.5) is 0 Å². The zero-order valence-corrected chi connectivity index (χ0v) is 7.89. The number of esters is 1. The predicted octanol–water partition coefficient (Wildman–Crippen LogP) is 1.61. The van der Waals surface area contributed by atoms with E-state index in [1.165, 1.54) is 6.92 Å². The van der Waals surface area contributed by atoms with E-state index in [9.17, 15) is 9.90 Å². The number of carbonyl (C=O) groups excluding carboxylic acids is 1. The Kier molecular flexibility index (Phi) is 3.96. The predicted molar refractivity (Wildman–Crippen MR) is 46.4 cm³/mol. The van der Waals surface area contributed by atoms with Gasteiger partial charge in [0.25, 0.3) is 0 Å². The summed E-state index contributed by atoms with van der Waals surface area (Å²) >= 11 is 0. The quantitative estimate of drug-likeness (QED) is 0.398. The molecular weight excluding hydrogens is 156 g/mol. The highest BCUT2D eigenvalue weighted by atomic mass is 16.7. The highest BCUT2D eigenvalue weighted by Gasteiger charge is 2.23. The summed E-state index contributed by atoms with van der Waals surface area (Å²) in [4.78, 5) is 11.0. The first-order valence-corrected chi connectivity index (χ1v) is 4.00. The van der Waals surface area contributed by atoms with Crippen LogP contribution in [-0.2, 0) is 9.53 Å². The van der Waals surface area contributed by atoms with Crippen molar-refractivity contribution in [3.8, 4) is 0 Å². The molecule has 1 unspecified atom stereocenters. The maximum atomic E-state index is 11.0. The average molecular weight is 172 g/mol. The molecule has 0 aromatic carbocycles. The van der Waals surface area contributed by atoms with Crippen molar-refractivity contribution in [3.63, 3.8) is 0 Å². The molecule has 12 heavy (non-hydrogen) atoms. The third kappa shape index (κ3) is 4.13. The van der Waals surface area contributed by atoms with Gasteiger partial charge in [0.05, 0.1) is 0 Å². The van der Waals surface area contributed by atoms with Crippen molar-refractivity contribution in [3.05, 3.63) is 12.2 Å². The molecule has 3 heteroatoms. The van der Waals surface area contributed by atoms with Crippen molar-refractivity contribution < 1.29 is 14.6 Å². The SMILES string of the molecule is C=C(C)C(=O)OC(C)(O)CCC. The first-order chi connectivity index (χ1) is 5.39. The van der Waals surface area contributed by atoms with E-state index in [1.807, 2.05) is 6.92 Å². The van der Waals surface area contributed by atoms with Gasteiger partial charge in [-0.3, -0.25) is 0 Å². The summed E-state index contributed by atoms with van der Waals surface area (Å²) in [6, 6.07) is 0. The van der Waals surface area contributed by atoms with Gasteiger partial charge in [0, 0.05) is 18.9 Å². The summed E-state index contributed by atoms with van der Waals surface area (Å²) in [5, 5.41) is 9.45. The van der Waals surface area contributed by atoms with E-state index in [4.69, 9.17) is 4.74 Å². The van der Waals surface area contributed by atoms with E-state index in [1.54, 1.807) is 6.92 Å². The van der Waals surface area contributed by atoms with Gasteiger partial charge in [-0.05, 0) is 13.3 Å². The molecule has 0 bridgehead atoms. The fraction of sp³-hybridized carbons (Fsp3) is 0.667. The molecular formula is C9H16O3. The number of ether oxygens (including phenoxy) is 1.